The first-order valence-electron chi connectivity index (χ1n) is 4.38. The maximum Gasteiger partial charge on any atom is 0.252 e. The zero-order valence-electron chi connectivity index (χ0n) is 8.06. The molecule has 0 saturated carbocycles. The summed E-state index contributed by atoms with van der Waals surface area (Å²) in [7, 11) is 0. The fourth-order valence-corrected chi connectivity index (χ4v) is 1.84. The lowest BCUT2D eigenvalue weighted by Crippen LogP contribution is -2.28. The summed E-state index contributed by atoms with van der Waals surface area (Å²) in [4.78, 5) is 11.6. The van der Waals surface area contributed by atoms with Crippen LogP contribution in [0.4, 0.5) is 0 Å². The monoisotopic (exact) mass is 309 g/mol. The second kappa shape index (κ2) is 5.73. The zero-order valence-corrected chi connectivity index (χ0v) is 11.2. The van der Waals surface area contributed by atoms with Crippen LogP contribution in [0.25, 0.3) is 0 Å². The van der Waals surface area contributed by atoms with Gasteiger partial charge in [0.15, 0.2) is 0 Å². The highest BCUT2D eigenvalue weighted by molar-refractivity contribution is 9.10. The van der Waals surface area contributed by atoms with Crippen molar-refractivity contribution in [3.05, 3.63) is 33.3 Å². The van der Waals surface area contributed by atoms with Crippen LogP contribution in [0.15, 0.2) is 22.7 Å². The number of carbonyl (C=O) groups excluding carboxylic acids is 1. The van der Waals surface area contributed by atoms with Gasteiger partial charge in [-0.05, 0) is 25.1 Å². The van der Waals surface area contributed by atoms with Crippen LogP contribution in [-0.4, -0.2) is 17.8 Å². The topological polar surface area (TPSA) is 29.1 Å². The van der Waals surface area contributed by atoms with Gasteiger partial charge in [0.05, 0.1) is 10.6 Å². The van der Waals surface area contributed by atoms with Crippen LogP contribution >= 0.6 is 39.1 Å². The maximum absolute atomic E-state index is 11.6. The summed E-state index contributed by atoms with van der Waals surface area (Å²) in [6.45, 7) is 2.23. The van der Waals surface area contributed by atoms with Crippen LogP contribution in [0.2, 0.25) is 5.02 Å². The van der Waals surface area contributed by atoms with Gasteiger partial charge in [-0.25, -0.2) is 0 Å². The van der Waals surface area contributed by atoms with E-state index in [0.717, 1.165) is 4.47 Å². The average Bonchev–Trinajstić information content (AvgIpc) is 2.14. The number of carbonyl (C=O) groups is 1. The van der Waals surface area contributed by atoms with Gasteiger partial charge in [-0.2, -0.15) is 0 Å². The quantitative estimate of drug-likeness (QED) is 0.851. The molecule has 1 atom stereocenters. The molecule has 0 aromatic heterocycles. The molecule has 0 bridgehead atoms. The molecule has 5 heteroatoms. The molecule has 15 heavy (non-hydrogen) atoms. The van der Waals surface area contributed by atoms with E-state index in [1.165, 1.54) is 0 Å². The number of hydrogen-bond acceptors (Lipinski definition) is 1. The lowest BCUT2D eigenvalue weighted by molar-refractivity contribution is 0.0954. The molecule has 0 fully saturated rings. The number of nitrogens with one attached hydrogen (secondary N) is 1. The summed E-state index contributed by atoms with van der Waals surface area (Å²) in [6, 6.07) is 5.12. The molecule has 1 rings (SSSR count). The summed E-state index contributed by atoms with van der Waals surface area (Å²) >= 11 is 14.9. The molecule has 1 aromatic rings. The van der Waals surface area contributed by atoms with Gasteiger partial charge in [-0.3, -0.25) is 4.79 Å². The van der Waals surface area contributed by atoms with Gasteiger partial charge < -0.3 is 5.32 Å². The van der Waals surface area contributed by atoms with E-state index in [1.54, 1.807) is 18.2 Å². The number of rotatable bonds is 3. The second-order valence-electron chi connectivity index (χ2n) is 3.11. The summed E-state index contributed by atoms with van der Waals surface area (Å²) in [6.07, 6.45) is 0. The Morgan fingerprint density at radius 3 is 2.80 bits per heavy atom. The Balaban J connectivity index is 2.74. The Bertz CT molecular complexity index is 368. The van der Waals surface area contributed by atoms with E-state index in [4.69, 9.17) is 23.2 Å². The Morgan fingerprint density at radius 2 is 2.27 bits per heavy atom. The third-order valence-corrected chi connectivity index (χ3v) is 2.68. The number of hydrogen-bond donors (Lipinski definition) is 1. The highest BCUT2D eigenvalue weighted by Crippen LogP contribution is 2.21. The van der Waals surface area contributed by atoms with Gasteiger partial charge in [0, 0.05) is 16.4 Å². The van der Waals surface area contributed by atoms with Gasteiger partial charge in [0.25, 0.3) is 5.91 Å². The van der Waals surface area contributed by atoms with Crippen molar-refractivity contribution in [3.8, 4) is 0 Å². The van der Waals surface area contributed by atoms with Crippen molar-refractivity contribution in [1.82, 2.24) is 5.32 Å². The number of benzene rings is 1. The van der Waals surface area contributed by atoms with Crippen molar-refractivity contribution in [2.75, 3.05) is 6.54 Å². The Hall–Kier alpha value is -0.250. The van der Waals surface area contributed by atoms with Crippen molar-refractivity contribution >= 4 is 45.0 Å². The SMILES string of the molecule is CC(Cl)CNC(=O)c1ccc(Br)cc1Cl. The summed E-state index contributed by atoms with van der Waals surface area (Å²) in [5, 5.41) is 3.01. The molecule has 0 saturated heterocycles. The molecule has 0 aliphatic carbocycles. The zero-order chi connectivity index (χ0) is 11.4. The van der Waals surface area contributed by atoms with Crippen LogP contribution in [0, 0.1) is 0 Å². The van der Waals surface area contributed by atoms with Crippen LogP contribution < -0.4 is 5.32 Å². The van der Waals surface area contributed by atoms with Crippen LogP contribution in [0.5, 0.6) is 0 Å². The first kappa shape index (κ1) is 12.8. The van der Waals surface area contributed by atoms with Gasteiger partial charge in [-0.15, -0.1) is 11.6 Å². The lowest BCUT2D eigenvalue weighted by Gasteiger charge is -2.07. The van der Waals surface area contributed by atoms with E-state index < -0.39 is 0 Å². The Morgan fingerprint density at radius 1 is 1.60 bits per heavy atom. The van der Waals surface area contributed by atoms with Crippen molar-refractivity contribution in [1.29, 1.82) is 0 Å². The largest absolute Gasteiger partial charge is 0.351 e. The normalized spacial score (nSPS) is 12.3. The van der Waals surface area contributed by atoms with E-state index in [9.17, 15) is 4.79 Å². The molecule has 1 unspecified atom stereocenters. The lowest BCUT2D eigenvalue weighted by atomic mass is 10.2. The van der Waals surface area contributed by atoms with Gasteiger partial charge in [0.1, 0.15) is 0 Å². The highest BCUT2D eigenvalue weighted by Gasteiger charge is 2.10. The predicted octanol–water partition coefficient (Wildman–Crippen LogP) is 3.46. The smallest absolute Gasteiger partial charge is 0.252 e. The molecule has 82 valence electrons. The number of alkyl halides is 1. The van der Waals surface area contributed by atoms with E-state index in [2.05, 4.69) is 21.2 Å². The highest BCUT2D eigenvalue weighted by atomic mass is 79.9. The third-order valence-electron chi connectivity index (χ3n) is 1.72. The van der Waals surface area contributed by atoms with Crippen molar-refractivity contribution in [2.45, 2.75) is 12.3 Å². The minimum absolute atomic E-state index is 0.0943. The summed E-state index contributed by atoms with van der Waals surface area (Å²) in [5.74, 6) is -0.208. The fraction of sp³-hybridized carbons (Fsp3) is 0.300. The minimum Gasteiger partial charge on any atom is -0.351 e. The Labute approximate surface area is 107 Å². The van der Waals surface area contributed by atoms with Gasteiger partial charge in [0.2, 0.25) is 0 Å². The van der Waals surface area contributed by atoms with Crippen LogP contribution in [0.1, 0.15) is 17.3 Å². The molecule has 2 nitrogen and oxygen atoms in total. The fourth-order valence-electron chi connectivity index (χ4n) is 1.00. The summed E-state index contributed by atoms with van der Waals surface area (Å²) in [5.41, 5.74) is 0.456. The number of halogens is 3. The van der Waals surface area contributed by atoms with Crippen LogP contribution in [0.3, 0.4) is 0 Å². The van der Waals surface area contributed by atoms with Gasteiger partial charge in [-0.1, -0.05) is 27.5 Å². The first-order chi connectivity index (χ1) is 7.00. The molecule has 0 radical (unpaired) electrons. The predicted molar refractivity (Wildman–Crippen MR) is 66.8 cm³/mol. The van der Waals surface area contributed by atoms with Crippen molar-refractivity contribution in [2.24, 2.45) is 0 Å². The molecule has 0 aliphatic heterocycles. The van der Waals surface area contributed by atoms with E-state index in [0.29, 0.717) is 17.1 Å². The molecule has 1 N–H and O–H groups in total. The molecule has 0 spiro atoms. The third kappa shape index (κ3) is 4.01. The van der Waals surface area contributed by atoms with E-state index in [1.807, 2.05) is 6.92 Å². The molecule has 0 aliphatic rings. The average molecular weight is 311 g/mol. The van der Waals surface area contributed by atoms with E-state index >= 15 is 0 Å². The molecule has 1 amide bonds. The molecular formula is C10H10BrCl2NO. The first-order valence-corrected chi connectivity index (χ1v) is 5.98. The molecular weight excluding hydrogens is 301 g/mol. The van der Waals surface area contributed by atoms with Gasteiger partial charge >= 0.3 is 0 Å². The summed E-state index contributed by atoms with van der Waals surface area (Å²) < 4.78 is 0.842. The van der Waals surface area contributed by atoms with Crippen molar-refractivity contribution in [3.63, 3.8) is 0 Å². The van der Waals surface area contributed by atoms with E-state index in [-0.39, 0.29) is 11.3 Å². The number of amides is 1. The minimum atomic E-state index is -0.208. The maximum atomic E-state index is 11.6. The molecule has 1 aromatic carbocycles. The standard InChI is InChI=1S/C10H10BrCl2NO/c1-6(12)5-14-10(15)8-3-2-7(11)4-9(8)13/h2-4,6H,5H2,1H3,(H,14,15). The second-order valence-corrected chi connectivity index (χ2v) is 5.18. The van der Waals surface area contributed by atoms with Crippen LogP contribution in [-0.2, 0) is 0 Å². The molecule has 0 heterocycles. The Kier molecular flexibility index (Phi) is 4.90. The van der Waals surface area contributed by atoms with Crippen molar-refractivity contribution < 1.29 is 4.79 Å².